The monoisotopic (exact) mass is 212 g/mol. The molecule has 0 radical (unpaired) electrons. The molecule has 1 rings (SSSR count). The zero-order valence-corrected chi connectivity index (χ0v) is 9.36. The van der Waals surface area contributed by atoms with E-state index in [0.717, 1.165) is 11.1 Å². The Morgan fingerprint density at radius 2 is 1.88 bits per heavy atom. The van der Waals surface area contributed by atoms with Crippen LogP contribution in [0.2, 0.25) is 0 Å². The number of rotatable bonds is 6. The van der Waals surface area contributed by atoms with Gasteiger partial charge in [0.2, 0.25) is 0 Å². The Bertz CT molecular complexity index is 399. The number of Topliss-reactive ketones (excluding diaryl/α,β-unsaturated/α-hetero) is 1. The Labute approximate surface area is 96.8 Å². The minimum Gasteiger partial charge on any atom is -0.299 e. The number of ketones is 1. The molecular formula is C15H16O. The minimum atomic E-state index is 0.194. The van der Waals surface area contributed by atoms with Crippen LogP contribution >= 0.6 is 0 Å². The van der Waals surface area contributed by atoms with E-state index in [4.69, 9.17) is 0 Å². The molecule has 0 saturated heterocycles. The summed E-state index contributed by atoms with van der Waals surface area (Å²) >= 11 is 0. The quantitative estimate of drug-likeness (QED) is 0.660. The predicted octanol–water partition coefficient (Wildman–Crippen LogP) is 3.49. The van der Waals surface area contributed by atoms with Gasteiger partial charge in [-0.05, 0) is 11.1 Å². The fourth-order valence-electron chi connectivity index (χ4n) is 1.46. The molecule has 0 aliphatic rings. The maximum absolute atomic E-state index is 11.7. The molecule has 0 fully saturated rings. The van der Waals surface area contributed by atoms with Gasteiger partial charge in [-0.3, -0.25) is 4.79 Å². The summed E-state index contributed by atoms with van der Waals surface area (Å²) in [4.78, 5) is 11.7. The van der Waals surface area contributed by atoms with Gasteiger partial charge in [-0.25, -0.2) is 0 Å². The molecule has 0 N–H and O–H groups in total. The van der Waals surface area contributed by atoms with Gasteiger partial charge in [0.15, 0.2) is 0 Å². The summed E-state index contributed by atoms with van der Waals surface area (Å²) in [5.41, 5.74) is 1.96. The summed E-state index contributed by atoms with van der Waals surface area (Å²) in [6, 6.07) is 9.75. The molecule has 0 heterocycles. The third-order valence-corrected chi connectivity index (χ3v) is 2.24. The Morgan fingerprint density at radius 1 is 1.19 bits per heavy atom. The Balaban J connectivity index is 2.57. The predicted molar refractivity (Wildman–Crippen MR) is 68.2 cm³/mol. The molecule has 0 spiro atoms. The first kappa shape index (κ1) is 12.2. The van der Waals surface area contributed by atoms with Crippen LogP contribution in [0, 0.1) is 0 Å². The summed E-state index contributed by atoms with van der Waals surface area (Å²) in [6.07, 6.45) is 6.08. The van der Waals surface area contributed by atoms with Crippen LogP contribution in [0.1, 0.15) is 12.0 Å². The molecule has 0 aliphatic heterocycles. The smallest absolute Gasteiger partial charge is 0.141 e. The van der Waals surface area contributed by atoms with Crippen molar-refractivity contribution in [3.8, 4) is 0 Å². The van der Waals surface area contributed by atoms with Crippen molar-refractivity contribution >= 4 is 5.78 Å². The lowest BCUT2D eigenvalue weighted by molar-refractivity contribution is -0.117. The maximum Gasteiger partial charge on any atom is 0.141 e. The summed E-state index contributed by atoms with van der Waals surface area (Å²) in [5, 5.41) is 0. The van der Waals surface area contributed by atoms with Crippen LogP contribution in [0.15, 0.2) is 67.3 Å². The van der Waals surface area contributed by atoms with E-state index in [1.165, 1.54) is 0 Å². The van der Waals surface area contributed by atoms with Gasteiger partial charge in [0.1, 0.15) is 5.78 Å². The van der Waals surface area contributed by atoms with E-state index in [1.807, 2.05) is 36.4 Å². The van der Waals surface area contributed by atoms with E-state index in [1.54, 1.807) is 12.2 Å². The van der Waals surface area contributed by atoms with Crippen molar-refractivity contribution in [1.29, 1.82) is 0 Å². The first-order valence-electron chi connectivity index (χ1n) is 5.26. The van der Waals surface area contributed by atoms with Crippen LogP contribution in [0.5, 0.6) is 0 Å². The molecule has 0 amide bonds. The average Bonchev–Trinajstić information content (AvgIpc) is 2.29. The zero-order valence-electron chi connectivity index (χ0n) is 9.36. The molecule has 0 unspecified atom stereocenters. The van der Waals surface area contributed by atoms with E-state index >= 15 is 0 Å². The number of hydrogen-bond donors (Lipinski definition) is 0. The Hall–Kier alpha value is -1.89. The van der Waals surface area contributed by atoms with E-state index in [-0.39, 0.29) is 5.78 Å². The van der Waals surface area contributed by atoms with Crippen molar-refractivity contribution in [1.82, 2.24) is 0 Å². The Kier molecular flexibility index (Phi) is 5.00. The lowest BCUT2D eigenvalue weighted by Crippen LogP contribution is -2.03. The van der Waals surface area contributed by atoms with Crippen molar-refractivity contribution in [3.63, 3.8) is 0 Å². The first-order valence-corrected chi connectivity index (χ1v) is 5.26. The van der Waals surface area contributed by atoms with E-state index in [9.17, 15) is 4.79 Å². The fraction of sp³-hybridized carbons (Fsp3) is 0.133. The summed E-state index contributed by atoms with van der Waals surface area (Å²) in [7, 11) is 0. The lowest BCUT2D eigenvalue weighted by atomic mass is 10.0. The number of carbonyl (C=O) groups is 1. The standard InChI is InChI=1S/C15H16O/c1-3-8-13(4-2)11-15(16)12-14-9-6-5-7-10-14/h3-10H,1-2,11-12H2. The van der Waals surface area contributed by atoms with Gasteiger partial charge in [-0.1, -0.05) is 61.7 Å². The molecule has 0 atom stereocenters. The van der Waals surface area contributed by atoms with Crippen LogP contribution in [-0.4, -0.2) is 5.78 Å². The van der Waals surface area contributed by atoms with Gasteiger partial charge in [-0.2, -0.15) is 0 Å². The second-order valence-electron chi connectivity index (χ2n) is 3.56. The molecular weight excluding hydrogens is 196 g/mol. The third-order valence-electron chi connectivity index (χ3n) is 2.24. The molecule has 82 valence electrons. The highest BCUT2D eigenvalue weighted by molar-refractivity contribution is 5.83. The van der Waals surface area contributed by atoms with E-state index in [0.29, 0.717) is 12.8 Å². The maximum atomic E-state index is 11.7. The van der Waals surface area contributed by atoms with Crippen molar-refractivity contribution in [2.75, 3.05) is 0 Å². The largest absolute Gasteiger partial charge is 0.299 e. The summed E-state index contributed by atoms with van der Waals surface area (Å²) in [6.45, 7) is 7.28. The average molecular weight is 212 g/mol. The van der Waals surface area contributed by atoms with Gasteiger partial charge < -0.3 is 0 Å². The first-order chi connectivity index (χ1) is 7.76. The van der Waals surface area contributed by atoms with Gasteiger partial charge in [-0.15, -0.1) is 0 Å². The fourth-order valence-corrected chi connectivity index (χ4v) is 1.46. The molecule has 1 nitrogen and oxygen atoms in total. The van der Waals surface area contributed by atoms with Crippen LogP contribution in [0.3, 0.4) is 0 Å². The molecule has 0 saturated carbocycles. The normalized spacial score (nSPS) is 10.9. The summed E-state index contributed by atoms with van der Waals surface area (Å²) < 4.78 is 0. The molecule has 1 aromatic rings. The van der Waals surface area contributed by atoms with Crippen molar-refractivity contribution in [2.24, 2.45) is 0 Å². The number of benzene rings is 1. The van der Waals surface area contributed by atoms with E-state index < -0.39 is 0 Å². The van der Waals surface area contributed by atoms with Crippen molar-refractivity contribution in [3.05, 3.63) is 72.9 Å². The highest BCUT2D eigenvalue weighted by Crippen LogP contribution is 2.08. The zero-order chi connectivity index (χ0) is 11.8. The van der Waals surface area contributed by atoms with Gasteiger partial charge in [0.05, 0.1) is 0 Å². The Morgan fingerprint density at radius 3 is 2.44 bits per heavy atom. The molecule has 16 heavy (non-hydrogen) atoms. The molecule has 1 heteroatoms. The SMILES string of the molecule is C=CC=C(C=C)CC(=O)Cc1ccccc1. The van der Waals surface area contributed by atoms with Crippen LogP contribution in [0.4, 0.5) is 0 Å². The number of allylic oxidation sites excluding steroid dienone is 4. The van der Waals surface area contributed by atoms with Crippen molar-refractivity contribution in [2.45, 2.75) is 12.8 Å². The highest BCUT2D eigenvalue weighted by atomic mass is 16.1. The van der Waals surface area contributed by atoms with Crippen molar-refractivity contribution < 1.29 is 4.79 Å². The van der Waals surface area contributed by atoms with Gasteiger partial charge in [0, 0.05) is 12.8 Å². The van der Waals surface area contributed by atoms with Crippen LogP contribution < -0.4 is 0 Å². The second-order valence-corrected chi connectivity index (χ2v) is 3.56. The molecule has 0 bridgehead atoms. The van der Waals surface area contributed by atoms with Gasteiger partial charge >= 0.3 is 0 Å². The van der Waals surface area contributed by atoms with Crippen LogP contribution in [-0.2, 0) is 11.2 Å². The highest BCUT2D eigenvalue weighted by Gasteiger charge is 2.04. The third kappa shape index (κ3) is 4.09. The second kappa shape index (κ2) is 6.57. The number of hydrogen-bond acceptors (Lipinski definition) is 1. The molecule has 0 aliphatic carbocycles. The van der Waals surface area contributed by atoms with Gasteiger partial charge in [0.25, 0.3) is 0 Å². The number of carbonyl (C=O) groups excluding carboxylic acids is 1. The summed E-state index contributed by atoms with van der Waals surface area (Å²) in [5.74, 6) is 0.194. The molecule has 0 aromatic heterocycles. The van der Waals surface area contributed by atoms with Crippen LogP contribution in [0.25, 0.3) is 0 Å². The minimum absolute atomic E-state index is 0.194. The lowest BCUT2D eigenvalue weighted by Gasteiger charge is -2.01. The van der Waals surface area contributed by atoms with E-state index in [2.05, 4.69) is 13.2 Å². The topological polar surface area (TPSA) is 17.1 Å². The molecule has 1 aromatic carbocycles.